The summed E-state index contributed by atoms with van der Waals surface area (Å²) in [6.45, 7) is 0. The normalized spacial score (nSPS) is 9.29. The van der Waals surface area contributed by atoms with Crippen LogP contribution in [0.4, 0.5) is 5.69 Å². The summed E-state index contributed by atoms with van der Waals surface area (Å²) in [5.74, 6) is 0.560. The fourth-order valence-corrected chi connectivity index (χ4v) is 1.38. The number of H-pyrrole nitrogens is 2. The van der Waals surface area contributed by atoms with Crippen LogP contribution in [0.15, 0.2) is 21.7 Å². The molecule has 0 amide bonds. The van der Waals surface area contributed by atoms with Gasteiger partial charge in [0.15, 0.2) is 11.4 Å². The summed E-state index contributed by atoms with van der Waals surface area (Å²) in [6.07, 6.45) is 0. The predicted molar refractivity (Wildman–Crippen MR) is 57.9 cm³/mol. The van der Waals surface area contributed by atoms with Crippen LogP contribution in [-0.2, 0) is 0 Å². The van der Waals surface area contributed by atoms with Crippen molar-refractivity contribution < 1.29 is 28.4 Å². The molecule has 17 heavy (non-hydrogen) atoms. The van der Waals surface area contributed by atoms with E-state index in [1.54, 1.807) is 12.1 Å². The summed E-state index contributed by atoms with van der Waals surface area (Å²) >= 11 is 0. The summed E-state index contributed by atoms with van der Waals surface area (Å²) in [4.78, 5) is 27.0. The van der Waals surface area contributed by atoms with Crippen molar-refractivity contribution in [3.63, 3.8) is 0 Å². The molecule has 2 aromatic rings. The third-order valence-corrected chi connectivity index (χ3v) is 2.12. The van der Waals surface area contributed by atoms with Crippen molar-refractivity contribution in [1.82, 2.24) is 9.97 Å². The van der Waals surface area contributed by atoms with Gasteiger partial charge in [-0.1, -0.05) is 0 Å². The van der Waals surface area contributed by atoms with Gasteiger partial charge in [-0.3, -0.25) is 9.59 Å². The van der Waals surface area contributed by atoms with E-state index in [2.05, 4.69) is 15.7 Å². The Kier molecular flexibility index (Phi) is 4.89. The Morgan fingerprint density at radius 1 is 1.12 bits per heavy atom. The van der Waals surface area contributed by atoms with E-state index in [-0.39, 0.29) is 17.9 Å². The molecule has 0 saturated heterocycles. The third kappa shape index (κ3) is 2.64. The highest BCUT2D eigenvalue weighted by atomic mass is 35.5. The van der Waals surface area contributed by atoms with Gasteiger partial charge in [-0.15, -0.1) is 0 Å². The van der Waals surface area contributed by atoms with Gasteiger partial charge >= 0.3 is 11.1 Å². The molecule has 1 aromatic heterocycles. The minimum atomic E-state index is -0.679. The number of fused-ring (bicyclic) bond motifs is 1. The zero-order chi connectivity index (χ0) is 11.0. The fraction of sp³-hybridized carbons (Fsp3) is 0.111. The van der Waals surface area contributed by atoms with Crippen LogP contribution in [0.25, 0.3) is 11.0 Å². The van der Waals surface area contributed by atoms with E-state index in [0.717, 1.165) is 0 Å². The first-order valence-corrected chi connectivity index (χ1v) is 4.28. The molecular formula is C9H12ClN3O4. The molecule has 1 aromatic carbocycles. The van der Waals surface area contributed by atoms with E-state index in [9.17, 15) is 9.59 Å². The highest BCUT2D eigenvalue weighted by Gasteiger charge is 2.07. The molecule has 0 bridgehead atoms. The number of hydrogen-bond acceptors (Lipinski definition) is 3. The summed E-state index contributed by atoms with van der Waals surface area (Å²) in [7, 11) is 1.51. The molecule has 7 N–H and O–H groups in total. The first-order valence-electron chi connectivity index (χ1n) is 4.28. The van der Waals surface area contributed by atoms with Crippen molar-refractivity contribution in [3.8, 4) is 5.75 Å². The molecule has 0 unspecified atom stereocenters. The van der Waals surface area contributed by atoms with Gasteiger partial charge in [0.05, 0.1) is 18.1 Å². The molecule has 2 rings (SSSR count). The average molecular weight is 262 g/mol. The van der Waals surface area contributed by atoms with E-state index in [1.807, 2.05) is 0 Å². The summed E-state index contributed by atoms with van der Waals surface area (Å²) < 4.78 is 5.05. The quantitative estimate of drug-likeness (QED) is 0.445. The van der Waals surface area contributed by atoms with Crippen LogP contribution in [0.1, 0.15) is 0 Å². The summed E-state index contributed by atoms with van der Waals surface area (Å²) in [6, 6.07) is 3.26. The maximum Gasteiger partial charge on any atom is 0.314 e. The van der Waals surface area contributed by atoms with Crippen molar-refractivity contribution in [1.29, 1.82) is 0 Å². The Morgan fingerprint density at radius 2 is 1.59 bits per heavy atom. The molecule has 1 heterocycles. The lowest BCUT2D eigenvalue weighted by Crippen LogP contribution is -3.00. The number of aromatic nitrogens is 2. The van der Waals surface area contributed by atoms with Crippen LogP contribution in [-0.4, -0.2) is 22.6 Å². The molecule has 0 radical (unpaired) electrons. The van der Waals surface area contributed by atoms with Gasteiger partial charge in [0.2, 0.25) is 0 Å². The molecular weight excluding hydrogens is 250 g/mol. The van der Waals surface area contributed by atoms with Crippen molar-refractivity contribution in [3.05, 3.63) is 32.8 Å². The van der Waals surface area contributed by atoms with Crippen molar-refractivity contribution in [2.24, 2.45) is 0 Å². The number of aromatic amines is 2. The summed E-state index contributed by atoms with van der Waals surface area (Å²) in [5, 5.41) is 0. The number of nitrogens with one attached hydrogen (secondary N) is 2. The van der Waals surface area contributed by atoms with Crippen molar-refractivity contribution >= 4 is 16.7 Å². The van der Waals surface area contributed by atoms with Gasteiger partial charge in [-0.2, -0.15) is 0 Å². The van der Waals surface area contributed by atoms with Gasteiger partial charge in [0, 0.05) is 12.1 Å². The fourth-order valence-electron chi connectivity index (χ4n) is 1.38. The SMILES string of the molecule is COc1cc2[nH]c(=O)c(=O)[nH]c2cc1[NH3+].O.[Cl-]. The van der Waals surface area contributed by atoms with Crippen LogP contribution in [0, 0.1) is 0 Å². The van der Waals surface area contributed by atoms with E-state index in [0.29, 0.717) is 22.5 Å². The molecule has 0 spiro atoms. The smallest absolute Gasteiger partial charge is 0.314 e. The van der Waals surface area contributed by atoms with Gasteiger partial charge in [-0.05, 0) is 0 Å². The molecule has 7 nitrogen and oxygen atoms in total. The Labute approximate surface area is 101 Å². The maximum atomic E-state index is 11.1. The lowest BCUT2D eigenvalue weighted by Gasteiger charge is -2.02. The highest BCUT2D eigenvalue weighted by Crippen LogP contribution is 2.22. The molecule has 94 valence electrons. The number of hydrogen-bond donors (Lipinski definition) is 3. The van der Waals surface area contributed by atoms with Gasteiger partial charge in [-0.25, -0.2) is 0 Å². The maximum absolute atomic E-state index is 11.1. The second kappa shape index (κ2) is 5.48. The zero-order valence-corrected chi connectivity index (χ0v) is 9.72. The number of ether oxygens (including phenoxy) is 1. The van der Waals surface area contributed by atoms with Crippen LogP contribution >= 0.6 is 0 Å². The van der Waals surface area contributed by atoms with Crippen LogP contribution < -0.4 is 34.0 Å². The minimum absolute atomic E-state index is 0. The molecule has 8 heteroatoms. The zero-order valence-electron chi connectivity index (χ0n) is 8.96. The van der Waals surface area contributed by atoms with Gasteiger partial charge < -0.3 is 38.3 Å². The first-order chi connectivity index (χ1) is 7.11. The number of quaternary nitrogens is 1. The van der Waals surface area contributed by atoms with Crippen molar-refractivity contribution in [2.75, 3.05) is 7.11 Å². The van der Waals surface area contributed by atoms with Crippen LogP contribution in [0.5, 0.6) is 5.75 Å². The topological polar surface area (TPSA) is 134 Å². The first kappa shape index (κ1) is 15.2. The van der Waals surface area contributed by atoms with Crippen molar-refractivity contribution in [2.45, 2.75) is 0 Å². The monoisotopic (exact) mass is 261 g/mol. The Morgan fingerprint density at radius 3 is 2.06 bits per heavy atom. The standard InChI is InChI=1S/C9H9N3O3.ClH.H2O/c1-15-7-3-6-5(2-4(7)10)11-8(13)9(14)12-6;;/h2-3H,10H2,1H3,(H,11,13)(H,12,14);1H;1H2. The lowest BCUT2D eigenvalue weighted by molar-refractivity contribution is -0.256. The van der Waals surface area contributed by atoms with Crippen LogP contribution in [0.2, 0.25) is 0 Å². The number of halogens is 1. The number of methoxy groups -OCH3 is 1. The molecule has 0 atom stereocenters. The molecule has 0 aliphatic heterocycles. The molecule has 0 aliphatic rings. The summed E-state index contributed by atoms with van der Waals surface area (Å²) in [5.41, 5.74) is 4.10. The van der Waals surface area contributed by atoms with E-state index in [4.69, 9.17) is 4.74 Å². The van der Waals surface area contributed by atoms with E-state index >= 15 is 0 Å². The molecule has 0 aliphatic carbocycles. The largest absolute Gasteiger partial charge is 1.00 e. The number of rotatable bonds is 1. The van der Waals surface area contributed by atoms with Gasteiger partial charge in [0.25, 0.3) is 0 Å². The highest BCUT2D eigenvalue weighted by molar-refractivity contribution is 5.79. The predicted octanol–water partition coefficient (Wildman–Crippen LogP) is -4.72. The molecule has 0 fully saturated rings. The Hall–Kier alpha value is -1.83. The Bertz CT molecular complexity index is 634. The second-order valence-electron chi connectivity index (χ2n) is 3.12. The molecule has 0 saturated carbocycles. The van der Waals surface area contributed by atoms with Gasteiger partial charge in [0.1, 0.15) is 0 Å². The lowest BCUT2D eigenvalue weighted by atomic mass is 10.2. The van der Waals surface area contributed by atoms with E-state index < -0.39 is 11.1 Å². The second-order valence-corrected chi connectivity index (χ2v) is 3.12. The number of benzene rings is 1. The van der Waals surface area contributed by atoms with Crippen LogP contribution in [0.3, 0.4) is 0 Å². The minimum Gasteiger partial charge on any atom is -1.00 e. The Balaban J connectivity index is 0.00000128. The average Bonchev–Trinajstić information content (AvgIpc) is 2.20. The third-order valence-electron chi connectivity index (χ3n) is 2.12. The van der Waals surface area contributed by atoms with E-state index in [1.165, 1.54) is 7.11 Å².